The van der Waals surface area contributed by atoms with Gasteiger partial charge in [-0.05, 0) is 50.6 Å². The summed E-state index contributed by atoms with van der Waals surface area (Å²) >= 11 is 3.43. The summed E-state index contributed by atoms with van der Waals surface area (Å²) in [6.07, 6.45) is 5.12. The van der Waals surface area contributed by atoms with Gasteiger partial charge in [0.05, 0.1) is 0 Å². The molecule has 1 aromatic carbocycles. The molecule has 0 spiro atoms. The lowest BCUT2D eigenvalue weighted by atomic mass is 10.1. The molecule has 2 heterocycles. The Morgan fingerprint density at radius 3 is 2.70 bits per heavy atom. The Kier molecular flexibility index (Phi) is 4.41. The molecule has 1 aromatic rings. The van der Waals surface area contributed by atoms with Crippen molar-refractivity contribution in [2.75, 3.05) is 26.2 Å². The summed E-state index contributed by atoms with van der Waals surface area (Å²) in [5.41, 5.74) is 0.790. The second kappa shape index (κ2) is 6.27. The second-order valence-corrected chi connectivity index (χ2v) is 6.72. The Hall–Kier alpha value is -0.870. The average Bonchev–Trinajstić information content (AvgIpc) is 2.97. The lowest BCUT2D eigenvalue weighted by Crippen LogP contribution is -2.41. The fourth-order valence-electron chi connectivity index (χ4n) is 3.31. The molecule has 0 bridgehead atoms. The van der Waals surface area contributed by atoms with E-state index >= 15 is 0 Å². The van der Waals surface area contributed by atoms with E-state index in [1.807, 2.05) is 29.2 Å². The van der Waals surface area contributed by atoms with Crippen LogP contribution < -0.4 is 0 Å². The monoisotopic (exact) mass is 336 g/mol. The minimum absolute atomic E-state index is 0.172. The quantitative estimate of drug-likeness (QED) is 0.828. The van der Waals surface area contributed by atoms with Gasteiger partial charge in [-0.3, -0.25) is 9.69 Å². The van der Waals surface area contributed by atoms with Gasteiger partial charge in [-0.15, -0.1) is 0 Å². The third-order valence-electron chi connectivity index (χ3n) is 4.43. The summed E-state index contributed by atoms with van der Waals surface area (Å²) < 4.78 is 0.968. The molecule has 20 heavy (non-hydrogen) atoms. The van der Waals surface area contributed by atoms with E-state index in [4.69, 9.17) is 0 Å². The van der Waals surface area contributed by atoms with Crippen LogP contribution in [0.2, 0.25) is 0 Å². The Balaban J connectivity index is 1.63. The van der Waals surface area contributed by atoms with Gasteiger partial charge in [0.25, 0.3) is 5.91 Å². The Bertz CT molecular complexity index is 485. The van der Waals surface area contributed by atoms with Gasteiger partial charge >= 0.3 is 0 Å². The maximum atomic E-state index is 12.5. The summed E-state index contributed by atoms with van der Waals surface area (Å²) in [6.45, 7) is 4.21. The third kappa shape index (κ3) is 3.07. The first-order valence-electron chi connectivity index (χ1n) is 7.53. The van der Waals surface area contributed by atoms with Crippen molar-refractivity contribution in [3.05, 3.63) is 34.3 Å². The van der Waals surface area contributed by atoms with Crippen LogP contribution in [0.3, 0.4) is 0 Å². The number of hydrogen-bond acceptors (Lipinski definition) is 2. The number of carbonyl (C=O) groups excluding carboxylic acids is 1. The van der Waals surface area contributed by atoms with E-state index in [1.54, 1.807) is 0 Å². The molecule has 4 heteroatoms. The number of nitrogens with zero attached hydrogens (tertiary/aromatic N) is 2. The molecule has 2 aliphatic heterocycles. The van der Waals surface area contributed by atoms with E-state index in [0.29, 0.717) is 6.04 Å². The zero-order valence-electron chi connectivity index (χ0n) is 11.7. The highest BCUT2D eigenvalue weighted by Crippen LogP contribution is 2.22. The van der Waals surface area contributed by atoms with Crippen molar-refractivity contribution < 1.29 is 4.79 Å². The number of carbonyl (C=O) groups is 1. The minimum atomic E-state index is 0.172. The van der Waals surface area contributed by atoms with Crippen LogP contribution in [0.4, 0.5) is 0 Å². The smallest absolute Gasteiger partial charge is 0.253 e. The molecule has 0 radical (unpaired) electrons. The van der Waals surface area contributed by atoms with Crippen LogP contribution in [0, 0.1) is 0 Å². The van der Waals surface area contributed by atoms with Crippen LogP contribution in [0.1, 0.15) is 36.0 Å². The van der Waals surface area contributed by atoms with Crippen molar-refractivity contribution in [3.8, 4) is 0 Å². The Morgan fingerprint density at radius 1 is 1.15 bits per heavy atom. The predicted octanol–water partition coefficient (Wildman–Crippen LogP) is 3.15. The first-order chi connectivity index (χ1) is 9.74. The molecule has 0 N–H and O–H groups in total. The highest BCUT2D eigenvalue weighted by molar-refractivity contribution is 9.10. The molecule has 108 valence electrons. The summed E-state index contributed by atoms with van der Waals surface area (Å²) in [5.74, 6) is 0.172. The van der Waals surface area contributed by atoms with Crippen LogP contribution >= 0.6 is 15.9 Å². The van der Waals surface area contributed by atoms with Crippen LogP contribution in [0.5, 0.6) is 0 Å². The second-order valence-electron chi connectivity index (χ2n) is 5.80. The molecule has 1 atom stereocenters. The Morgan fingerprint density at radius 2 is 1.95 bits per heavy atom. The third-order valence-corrected chi connectivity index (χ3v) is 4.92. The maximum Gasteiger partial charge on any atom is 0.253 e. The largest absolute Gasteiger partial charge is 0.337 e. The standard InChI is InChI=1S/C16H21BrN2O/c17-14-6-4-5-13(11-14)16(20)19-10-7-15(12-19)18-8-2-1-3-9-18/h4-6,11,15H,1-3,7-10,12H2. The number of piperidine rings is 1. The molecule has 0 aliphatic carbocycles. The Labute approximate surface area is 129 Å². The number of rotatable bonds is 2. The summed E-state index contributed by atoms with van der Waals surface area (Å²) in [7, 11) is 0. The first-order valence-corrected chi connectivity index (χ1v) is 8.32. The lowest BCUT2D eigenvalue weighted by Gasteiger charge is -2.32. The first kappa shape index (κ1) is 14.1. The van der Waals surface area contributed by atoms with Gasteiger partial charge in [-0.2, -0.15) is 0 Å². The number of benzene rings is 1. The number of amides is 1. The van der Waals surface area contributed by atoms with E-state index < -0.39 is 0 Å². The van der Waals surface area contributed by atoms with Crippen LogP contribution in [0.15, 0.2) is 28.7 Å². The van der Waals surface area contributed by atoms with Crippen molar-refractivity contribution in [2.24, 2.45) is 0 Å². The van der Waals surface area contributed by atoms with Crippen LogP contribution in [-0.4, -0.2) is 47.9 Å². The van der Waals surface area contributed by atoms with E-state index in [9.17, 15) is 4.79 Å². The zero-order chi connectivity index (χ0) is 13.9. The molecule has 3 nitrogen and oxygen atoms in total. The molecule has 0 saturated carbocycles. The van der Waals surface area contributed by atoms with E-state index in [-0.39, 0.29) is 5.91 Å². The summed E-state index contributed by atoms with van der Waals surface area (Å²) in [4.78, 5) is 17.1. The van der Waals surface area contributed by atoms with Gasteiger partial charge in [0.1, 0.15) is 0 Å². The fourth-order valence-corrected chi connectivity index (χ4v) is 3.71. The molecule has 2 aliphatic rings. The average molecular weight is 337 g/mol. The maximum absolute atomic E-state index is 12.5. The molecule has 1 unspecified atom stereocenters. The molecular weight excluding hydrogens is 316 g/mol. The van der Waals surface area contributed by atoms with E-state index in [0.717, 1.165) is 29.5 Å². The predicted molar refractivity (Wildman–Crippen MR) is 83.9 cm³/mol. The summed E-state index contributed by atoms with van der Waals surface area (Å²) in [6, 6.07) is 8.27. The topological polar surface area (TPSA) is 23.6 Å². The molecule has 2 fully saturated rings. The SMILES string of the molecule is O=C(c1cccc(Br)c1)N1CCC(N2CCCCC2)C1. The van der Waals surface area contributed by atoms with Gasteiger partial charge in [0, 0.05) is 29.2 Å². The van der Waals surface area contributed by atoms with E-state index in [1.165, 1.54) is 32.4 Å². The molecule has 1 amide bonds. The number of likely N-dealkylation sites (tertiary alicyclic amines) is 2. The normalized spacial score (nSPS) is 24.1. The van der Waals surface area contributed by atoms with Crippen LogP contribution in [-0.2, 0) is 0 Å². The van der Waals surface area contributed by atoms with Gasteiger partial charge in [0.15, 0.2) is 0 Å². The van der Waals surface area contributed by atoms with Crippen LogP contribution in [0.25, 0.3) is 0 Å². The molecule has 2 saturated heterocycles. The van der Waals surface area contributed by atoms with Gasteiger partial charge in [0.2, 0.25) is 0 Å². The molecule has 0 aromatic heterocycles. The fraction of sp³-hybridized carbons (Fsp3) is 0.562. The molecular formula is C16H21BrN2O. The van der Waals surface area contributed by atoms with Gasteiger partial charge in [-0.25, -0.2) is 0 Å². The number of hydrogen-bond donors (Lipinski definition) is 0. The minimum Gasteiger partial charge on any atom is -0.337 e. The van der Waals surface area contributed by atoms with Crippen molar-refractivity contribution in [1.82, 2.24) is 9.80 Å². The van der Waals surface area contributed by atoms with Crippen molar-refractivity contribution >= 4 is 21.8 Å². The lowest BCUT2D eigenvalue weighted by molar-refractivity contribution is 0.0771. The van der Waals surface area contributed by atoms with Gasteiger partial charge < -0.3 is 4.90 Å². The highest BCUT2D eigenvalue weighted by atomic mass is 79.9. The summed E-state index contributed by atoms with van der Waals surface area (Å²) in [5, 5.41) is 0. The highest BCUT2D eigenvalue weighted by Gasteiger charge is 2.31. The zero-order valence-corrected chi connectivity index (χ0v) is 13.3. The molecule has 3 rings (SSSR count). The van der Waals surface area contributed by atoms with Crippen molar-refractivity contribution in [2.45, 2.75) is 31.7 Å². The number of halogens is 1. The van der Waals surface area contributed by atoms with Crippen molar-refractivity contribution in [3.63, 3.8) is 0 Å². The van der Waals surface area contributed by atoms with Crippen molar-refractivity contribution in [1.29, 1.82) is 0 Å². The van der Waals surface area contributed by atoms with E-state index in [2.05, 4.69) is 20.8 Å². The van der Waals surface area contributed by atoms with Gasteiger partial charge in [-0.1, -0.05) is 28.4 Å².